The van der Waals surface area contributed by atoms with Crippen LogP contribution in [0.5, 0.6) is 0 Å². The third-order valence-corrected chi connectivity index (χ3v) is 8.14. The molecule has 0 N–H and O–H groups in total. The number of nitrogens with zero attached hydrogens (tertiary/aromatic N) is 2. The smallest absolute Gasteiger partial charge is 0.211 e. The summed E-state index contributed by atoms with van der Waals surface area (Å²) in [6.45, 7) is 8.98. The Morgan fingerprint density at radius 2 is 0.921 bits per heavy atom. The molecule has 0 amide bonds. The predicted octanol–water partition coefficient (Wildman–Crippen LogP) is 11.5. The summed E-state index contributed by atoms with van der Waals surface area (Å²) in [5, 5.41) is 0. The van der Waals surface area contributed by atoms with E-state index in [4.69, 9.17) is 0 Å². The molecule has 2 heteroatoms. The van der Waals surface area contributed by atoms with Gasteiger partial charge in [-0.25, -0.2) is 4.70 Å². The van der Waals surface area contributed by atoms with Crippen LogP contribution in [0.1, 0.15) is 140 Å². The van der Waals surface area contributed by atoms with Crippen molar-refractivity contribution in [3.63, 3.8) is 0 Å². The standard InChI is InChI=1S/C36H52N2/c1-5-9-11-13-15-17-25-33-34(26-18-16-14-12-10-6-2)36(32-24-20-22-30(8-4)28-32)38(37)35(33)31-23-19-21-29(7-3)27-31/h19-24,27-28H,5-18,25-26H2,1-4H3. The summed E-state index contributed by atoms with van der Waals surface area (Å²) in [7, 11) is 0. The second kappa shape index (κ2) is 16.5. The Morgan fingerprint density at radius 3 is 1.32 bits per heavy atom. The van der Waals surface area contributed by atoms with Gasteiger partial charge in [0.1, 0.15) is 0 Å². The fourth-order valence-corrected chi connectivity index (χ4v) is 5.83. The Hall–Kier alpha value is -2.48. The van der Waals surface area contributed by atoms with Gasteiger partial charge in [0, 0.05) is 22.3 Å². The molecule has 0 saturated carbocycles. The van der Waals surface area contributed by atoms with E-state index in [9.17, 15) is 5.53 Å². The second-order valence-corrected chi connectivity index (χ2v) is 11.1. The number of hydrogen-bond acceptors (Lipinski definition) is 0. The summed E-state index contributed by atoms with van der Waals surface area (Å²) in [5.41, 5.74) is 21.6. The van der Waals surface area contributed by atoms with Crippen molar-refractivity contribution < 1.29 is 4.70 Å². The molecule has 0 fully saturated rings. The zero-order valence-corrected chi connectivity index (χ0v) is 24.8. The molecule has 0 radical (unpaired) electrons. The zero-order chi connectivity index (χ0) is 27.2. The lowest BCUT2D eigenvalue weighted by molar-refractivity contribution is -0.345. The molecular weight excluding hydrogens is 460 g/mol. The van der Waals surface area contributed by atoms with Gasteiger partial charge in [-0.3, -0.25) is 0 Å². The zero-order valence-electron chi connectivity index (χ0n) is 24.8. The number of unbranched alkanes of at least 4 members (excludes halogenated alkanes) is 10. The minimum absolute atomic E-state index is 1.00. The molecule has 1 aliphatic rings. The van der Waals surface area contributed by atoms with Crippen molar-refractivity contribution in [3.8, 4) is 0 Å². The van der Waals surface area contributed by atoms with Gasteiger partial charge in [-0.2, -0.15) is 0 Å². The quantitative estimate of drug-likeness (QED) is 0.140. The Morgan fingerprint density at radius 1 is 0.526 bits per heavy atom. The molecule has 0 unspecified atom stereocenters. The second-order valence-electron chi connectivity index (χ2n) is 11.1. The molecule has 1 heterocycles. The van der Waals surface area contributed by atoms with Gasteiger partial charge in [-0.1, -0.05) is 116 Å². The molecule has 0 atom stereocenters. The van der Waals surface area contributed by atoms with Crippen LogP contribution in [0.4, 0.5) is 0 Å². The van der Waals surface area contributed by atoms with E-state index >= 15 is 0 Å². The van der Waals surface area contributed by atoms with E-state index in [1.54, 1.807) is 4.70 Å². The van der Waals surface area contributed by atoms with E-state index in [-0.39, 0.29) is 0 Å². The minimum Gasteiger partial charge on any atom is -0.493 e. The summed E-state index contributed by atoms with van der Waals surface area (Å²) in [6, 6.07) is 17.6. The lowest BCUT2D eigenvalue weighted by Gasteiger charge is -2.11. The van der Waals surface area contributed by atoms with E-state index in [0.29, 0.717) is 0 Å². The van der Waals surface area contributed by atoms with Crippen LogP contribution in [0.3, 0.4) is 0 Å². The van der Waals surface area contributed by atoms with Crippen molar-refractivity contribution >= 4 is 11.4 Å². The summed E-state index contributed by atoms with van der Waals surface area (Å²) >= 11 is 0. The molecular formula is C36H52N2. The maximum atomic E-state index is 11.9. The van der Waals surface area contributed by atoms with Crippen LogP contribution in [-0.2, 0) is 12.8 Å². The average molecular weight is 513 g/mol. The molecule has 0 saturated heterocycles. The Labute approximate surface area is 233 Å². The molecule has 2 aromatic carbocycles. The van der Waals surface area contributed by atoms with Crippen molar-refractivity contribution in [1.82, 2.24) is 0 Å². The molecule has 3 rings (SSSR count). The molecule has 206 valence electrons. The SMILES string of the molecule is CCCCCCCCC1=C(c2cccc(CC)c2)[N+](=[N-])C(c2cccc(CC)c2)=C1CCCCCCCC. The number of rotatable bonds is 18. The Balaban J connectivity index is 1.99. The molecule has 0 bridgehead atoms. The first-order valence-corrected chi connectivity index (χ1v) is 15.8. The van der Waals surface area contributed by atoms with Crippen LogP contribution >= 0.6 is 0 Å². The number of aryl methyl sites for hydroxylation is 2. The minimum atomic E-state index is 1.00. The molecule has 0 aliphatic carbocycles. The third kappa shape index (κ3) is 8.26. The van der Waals surface area contributed by atoms with Crippen molar-refractivity contribution in [2.24, 2.45) is 0 Å². The first kappa shape index (κ1) is 30.1. The van der Waals surface area contributed by atoms with E-state index in [2.05, 4.69) is 76.2 Å². The van der Waals surface area contributed by atoms with Gasteiger partial charge in [0.2, 0.25) is 11.4 Å². The van der Waals surface area contributed by atoms with Crippen LogP contribution in [0.15, 0.2) is 59.7 Å². The molecule has 0 spiro atoms. The van der Waals surface area contributed by atoms with Gasteiger partial charge in [0.05, 0.1) is 0 Å². The van der Waals surface area contributed by atoms with Crippen LogP contribution in [0, 0.1) is 0 Å². The summed E-state index contributed by atoms with van der Waals surface area (Å²) < 4.78 is 1.56. The number of hydrogen-bond donors (Lipinski definition) is 0. The van der Waals surface area contributed by atoms with Gasteiger partial charge in [0.25, 0.3) is 0 Å². The van der Waals surface area contributed by atoms with Gasteiger partial charge in [-0.05, 0) is 73.9 Å². The number of allylic oxidation sites excluding steroid dienone is 2. The highest BCUT2D eigenvalue weighted by Crippen LogP contribution is 2.44. The van der Waals surface area contributed by atoms with E-state index < -0.39 is 0 Å². The summed E-state index contributed by atoms with van der Waals surface area (Å²) in [5.74, 6) is 0. The molecule has 2 aromatic rings. The molecule has 0 aromatic heterocycles. The highest BCUT2D eigenvalue weighted by Gasteiger charge is 2.35. The summed E-state index contributed by atoms with van der Waals surface area (Å²) in [4.78, 5) is 0. The Bertz CT molecular complexity index is 1000. The van der Waals surface area contributed by atoms with Crippen molar-refractivity contribution in [2.45, 2.75) is 130 Å². The van der Waals surface area contributed by atoms with Gasteiger partial charge >= 0.3 is 0 Å². The van der Waals surface area contributed by atoms with Gasteiger partial charge < -0.3 is 5.53 Å². The van der Waals surface area contributed by atoms with E-state index in [0.717, 1.165) is 48.2 Å². The van der Waals surface area contributed by atoms with Crippen molar-refractivity contribution in [2.75, 3.05) is 0 Å². The van der Waals surface area contributed by atoms with Crippen LogP contribution in [0.25, 0.3) is 16.9 Å². The fourth-order valence-electron chi connectivity index (χ4n) is 5.83. The predicted molar refractivity (Wildman–Crippen MR) is 165 cm³/mol. The normalized spacial score (nSPS) is 13.7. The molecule has 2 nitrogen and oxygen atoms in total. The summed E-state index contributed by atoms with van der Waals surface area (Å²) in [6.07, 6.45) is 19.5. The lowest BCUT2D eigenvalue weighted by atomic mass is 9.90. The van der Waals surface area contributed by atoms with Gasteiger partial charge in [-0.15, -0.1) is 0 Å². The maximum absolute atomic E-state index is 11.9. The van der Waals surface area contributed by atoms with Crippen LogP contribution in [0.2, 0.25) is 0 Å². The molecule has 1 aliphatic heterocycles. The number of benzene rings is 2. The maximum Gasteiger partial charge on any atom is 0.211 e. The topological polar surface area (TPSA) is 25.3 Å². The highest BCUT2D eigenvalue weighted by atomic mass is 15.2. The van der Waals surface area contributed by atoms with Crippen LogP contribution < -0.4 is 0 Å². The average Bonchev–Trinajstić information content (AvgIpc) is 3.23. The Kier molecular flexibility index (Phi) is 13.0. The fraction of sp³-hybridized carbons (Fsp3) is 0.556. The van der Waals surface area contributed by atoms with Gasteiger partial charge in [0.15, 0.2) is 0 Å². The van der Waals surface area contributed by atoms with E-state index in [1.165, 1.54) is 99.3 Å². The van der Waals surface area contributed by atoms with E-state index in [1.807, 2.05) is 0 Å². The first-order chi connectivity index (χ1) is 18.6. The van der Waals surface area contributed by atoms with Crippen LogP contribution in [-0.4, -0.2) is 4.70 Å². The monoisotopic (exact) mass is 512 g/mol. The first-order valence-electron chi connectivity index (χ1n) is 15.8. The van der Waals surface area contributed by atoms with Crippen molar-refractivity contribution in [3.05, 3.63) is 87.5 Å². The third-order valence-electron chi connectivity index (χ3n) is 8.14. The highest BCUT2D eigenvalue weighted by molar-refractivity contribution is 5.82. The molecule has 38 heavy (non-hydrogen) atoms. The largest absolute Gasteiger partial charge is 0.493 e. The lowest BCUT2D eigenvalue weighted by Crippen LogP contribution is -2.03. The van der Waals surface area contributed by atoms with Crippen molar-refractivity contribution in [1.29, 1.82) is 0 Å².